The van der Waals surface area contributed by atoms with E-state index in [0.717, 1.165) is 19.3 Å². The van der Waals surface area contributed by atoms with Crippen LogP contribution in [0.25, 0.3) is 0 Å². The van der Waals surface area contributed by atoms with Crippen molar-refractivity contribution < 1.29 is 9.84 Å². The molecule has 18 heavy (non-hydrogen) atoms. The lowest BCUT2D eigenvalue weighted by Gasteiger charge is -2.33. The Bertz CT molecular complexity index is 347. The number of rotatable bonds is 5. The zero-order valence-corrected chi connectivity index (χ0v) is 11.1. The third-order valence-corrected chi connectivity index (χ3v) is 3.71. The quantitative estimate of drug-likeness (QED) is 0.841. The second kappa shape index (κ2) is 6.32. The number of nitrogens with one attached hydrogen (secondary N) is 1. The second-order valence-electron chi connectivity index (χ2n) is 5.09. The van der Waals surface area contributed by atoms with Crippen LogP contribution in [0.4, 0.5) is 0 Å². The van der Waals surface area contributed by atoms with Gasteiger partial charge in [0.1, 0.15) is 0 Å². The number of hydrogen-bond acceptors (Lipinski definition) is 3. The van der Waals surface area contributed by atoms with Gasteiger partial charge in [-0.1, -0.05) is 37.3 Å². The highest BCUT2D eigenvalue weighted by Gasteiger charge is 2.30. The molecular formula is C15H23NO2. The van der Waals surface area contributed by atoms with Crippen LogP contribution >= 0.6 is 0 Å². The molecular weight excluding hydrogens is 226 g/mol. The van der Waals surface area contributed by atoms with Gasteiger partial charge in [-0.25, -0.2) is 0 Å². The molecule has 2 rings (SSSR count). The Balaban J connectivity index is 1.91. The van der Waals surface area contributed by atoms with Crippen molar-refractivity contribution in [2.75, 3.05) is 19.8 Å². The molecule has 1 atom stereocenters. The van der Waals surface area contributed by atoms with E-state index in [-0.39, 0.29) is 0 Å². The molecule has 1 aromatic carbocycles. The van der Waals surface area contributed by atoms with Crippen molar-refractivity contribution in [2.24, 2.45) is 0 Å². The van der Waals surface area contributed by atoms with Crippen molar-refractivity contribution >= 4 is 0 Å². The van der Waals surface area contributed by atoms with E-state index in [0.29, 0.717) is 25.8 Å². The largest absolute Gasteiger partial charge is 0.388 e. The SMILES string of the molecule is CCC(NCC1(O)CCOCC1)c1ccccc1. The maximum Gasteiger partial charge on any atom is 0.0815 e. The Labute approximate surface area is 109 Å². The minimum absolute atomic E-state index is 0.318. The molecule has 1 heterocycles. The molecule has 0 aromatic heterocycles. The molecule has 3 nitrogen and oxygen atoms in total. The Morgan fingerprint density at radius 2 is 1.94 bits per heavy atom. The van der Waals surface area contributed by atoms with Crippen LogP contribution in [-0.4, -0.2) is 30.5 Å². The van der Waals surface area contributed by atoms with E-state index < -0.39 is 5.60 Å². The van der Waals surface area contributed by atoms with Crippen LogP contribution in [0.1, 0.15) is 37.8 Å². The van der Waals surface area contributed by atoms with Gasteiger partial charge in [0.05, 0.1) is 5.60 Å². The van der Waals surface area contributed by atoms with E-state index in [2.05, 4.69) is 36.5 Å². The van der Waals surface area contributed by atoms with Gasteiger partial charge >= 0.3 is 0 Å². The number of aliphatic hydroxyl groups is 1. The Kier molecular flexibility index (Phi) is 4.75. The molecule has 0 bridgehead atoms. The van der Waals surface area contributed by atoms with Gasteiger partial charge in [-0.15, -0.1) is 0 Å². The summed E-state index contributed by atoms with van der Waals surface area (Å²) in [4.78, 5) is 0. The van der Waals surface area contributed by atoms with Crippen LogP contribution in [0.15, 0.2) is 30.3 Å². The molecule has 0 amide bonds. The fourth-order valence-electron chi connectivity index (χ4n) is 2.42. The van der Waals surface area contributed by atoms with Gasteiger partial charge in [0, 0.05) is 38.6 Å². The van der Waals surface area contributed by atoms with Crippen LogP contribution in [0.5, 0.6) is 0 Å². The van der Waals surface area contributed by atoms with Gasteiger partial charge in [0.2, 0.25) is 0 Å². The van der Waals surface area contributed by atoms with Crippen molar-refractivity contribution in [3.05, 3.63) is 35.9 Å². The number of ether oxygens (including phenoxy) is 1. The lowest BCUT2D eigenvalue weighted by molar-refractivity contribution is -0.0628. The minimum Gasteiger partial charge on any atom is -0.388 e. The van der Waals surface area contributed by atoms with Crippen molar-refractivity contribution in [1.82, 2.24) is 5.32 Å². The first-order valence-corrected chi connectivity index (χ1v) is 6.82. The first kappa shape index (κ1) is 13.5. The van der Waals surface area contributed by atoms with Crippen molar-refractivity contribution in [2.45, 2.75) is 37.8 Å². The zero-order chi connectivity index (χ0) is 12.8. The summed E-state index contributed by atoms with van der Waals surface area (Å²) in [6, 6.07) is 10.7. The molecule has 0 spiro atoms. The Morgan fingerprint density at radius 1 is 1.28 bits per heavy atom. The summed E-state index contributed by atoms with van der Waals surface area (Å²) >= 11 is 0. The van der Waals surface area contributed by atoms with E-state index in [1.807, 2.05) is 6.07 Å². The van der Waals surface area contributed by atoms with Crippen molar-refractivity contribution in [3.63, 3.8) is 0 Å². The maximum atomic E-state index is 10.4. The predicted molar refractivity (Wildman–Crippen MR) is 72.5 cm³/mol. The molecule has 1 saturated heterocycles. The van der Waals surface area contributed by atoms with Gasteiger partial charge < -0.3 is 15.2 Å². The molecule has 0 saturated carbocycles. The maximum absolute atomic E-state index is 10.4. The van der Waals surface area contributed by atoms with Gasteiger partial charge in [0.25, 0.3) is 0 Å². The predicted octanol–water partition coefficient (Wildman–Crippen LogP) is 2.27. The van der Waals surface area contributed by atoms with E-state index in [9.17, 15) is 5.11 Å². The monoisotopic (exact) mass is 249 g/mol. The van der Waals surface area contributed by atoms with Crippen LogP contribution < -0.4 is 5.32 Å². The summed E-state index contributed by atoms with van der Waals surface area (Å²) in [5, 5.41) is 13.9. The lowest BCUT2D eigenvalue weighted by atomic mass is 9.93. The molecule has 0 aliphatic carbocycles. The molecule has 0 radical (unpaired) electrons. The minimum atomic E-state index is -0.597. The van der Waals surface area contributed by atoms with E-state index in [4.69, 9.17) is 4.74 Å². The van der Waals surface area contributed by atoms with E-state index in [1.165, 1.54) is 5.56 Å². The third-order valence-electron chi connectivity index (χ3n) is 3.71. The standard InChI is InChI=1S/C15H23NO2/c1-2-14(13-6-4-3-5-7-13)16-12-15(17)8-10-18-11-9-15/h3-7,14,16-17H,2,8-12H2,1H3. The highest BCUT2D eigenvalue weighted by atomic mass is 16.5. The first-order chi connectivity index (χ1) is 8.73. The smallest absolute Gasteiger partial charge is 0.0815 e. The first-order valence-electron chi connectivity index (χ1n) is 6.82. The van der Waals surface area contributed by atoms with Crippen LogP contribution in [0, 0.1) is 0 Å². The molecule has 2 N–H and O–H groups in total. The molecule has 1 aliphatic rings. The summed E-state index contributed by atoms with van der Waals surface area (Å²) in [5.41, 5.74) is 0.691. The van der Waals surface area contributed by atoms with Crippen LogP contribution in [0.3, 0.4) is 0 Å². The molecule has 1 aliphatic heterocycles. The number of hydrogen-bond donors (Lipinski definition) is 2. The molecule has 1 fully saturated rings. The molecule has 1 aromatic rings. The highest BCUT2D eigenvalue weighted by molar-refractivity contribution is 5.18. The fourth-order valence-corrected chi connectivity index (χ4v) is 2.42. The molecule has 3 heteroatoms. The zero-order valence-electron chi connectivity index (χ0n) is 11.1. The fraction of sp³-hybridized carbons (Fsp3) is 0.600. The average molecular weight is 249 g/mol. The Morgan fingerprint density at radius 3 is 2.56 bits per heavy atom. The topological polar surface area (TPSA) is 41.5 Å². The Hall–Kier alpha value is -0.900. The molecule has 1 unspecified atom stereocenters. The third kappa shape index (κ3) is 3.55. The summed E-state index contributed by atoms with van der Waals surface area (Å²) in [6.07, 6.45) is 2.48. The van der Waals surface area contributed by atoms with Crippen molar-refractivity contribution in [1.29, 1.82) is 0 Å². The second-order valence-corrected chi connectivity index (χ2v) is 5.09. The lowest BCUT2D eigenvalue weighted by Crippen LogP contribution is -2.45. The normalized spacial score (nSPS) is 20.6. The van der Waals surface area contributed by atoms with Crippen LogP contribution in [-0.2, 0) is 4.74 Å². The van der Waals surface area contributed by atoms with Gasteiger partial charge in [-0.3, -0.25) is 0 Å². The van der Waals surface area contributed by atoms with Gasteiger partial charge in [-0.2, -0.15) is 0 Å². The van der Waals surface area contributed by atoms with Crippen molar-refractivity contribution in [3.8, 4) is 0 Å². The highest BCUT2D eigenvalue weighted by Crippen LogP contribution is 2.22. The molecule has 100 valence electrons. The summed E-state index contributed by atoms with van der Waals surface area (Å²) in [6.45, 7) is 4.14. The number of benzene rings is 1. The summed E-state index contributed by atoms with van der Waals surface area (Å²) < 4.78 is 5.29. The van der Waals surface area contributed by atoms with Gasteiger partial charge in [0.15, 0.2) is 0 Å². The van der Waals surface area contributed by atoms with Gasteiger partial charge in [-0.05, 0) is 12.0 Å². The van der Waals surface area contributed by atoms with E-state index in [1.54, 1.807) is 0 Å². The van der Waals surface area contributed by atoms with Crippen LogP contribution in [0.2, 0.25) is 0 Å². The van der Waals surface area contributed by atoms with E-state index >= 15 is 0 Å². The summed E-state index contributed by atoms with van der Waals surface area (Å²) in [5.74, 6) is 0. The average Bonchev–Trinajstić information content (AvgIpc) is 2.41. The summed E-state index contributed by atoms with van der Waals surface area (Å²) in [7, 11) is 0.